The molecule has 0 aromatic carbocycles. The van der Waals surface area contributed by atoms with Crippen LogP contribution in [-0.4, -0.2) is 36.9 Å². The van der Waals surface area contributed by atoms with Crippen LogP contribution in [0, 0.1) is 0 Å². The predicted molar refractivity (Wildman–Crippen MR) is 73.2 cm³/mol. The largest absolute Gasteiger partial charge is 0.350 e. The van der Waals surface area contributed by atoms with Crippen LogP contribution in [0.4, 0.5) is 0 Å². The monoisotopic (exact) mass is 334 g/mol. The average Bonchev–Trinajstić information content (AvgIpc) is 2.25. The molecule has 0 atom stereocenters. The fraction of sp³-hybridized carbons (Fsp3) is 0.455. The van der Waals surface area contributed by atoms with Crippen LogP contribution >= 0.6 is 15.9 Å². The first-order valence-corrected chi connectivity index (χ1v) is 7.91. The molecule has 5 nitrogen and oxygen atoms in total. The van der Waals surface area contributed by atoms with Crippen LogP contribution in [0.15, 0.2) is 22.9 Å². The molecule has 1 aromatic heterocycles. The standard InChI is InChI=1S/C11H15BrN2O3S/c1-11(2,18(3,16)17)7-14-10(15)8-4-5-9(12)13-6-8/h4-6H,7H2,1-3H3,(H,14,15). The molecule has 100 valence electrons. The van der Waals surface area contributed by atoms with E-state index in [1.54, 1.807) is 26.0 Å². The maximum atomic E-state index is 11.8. The molecule has 0 saturated heterocycles. The third-order valence-electron chi connectivity index (χ3n) is 2.67. The van der Waals surface area contributed by atoms with Gasteiger partial charge in [0.25, 0.3) is 5.91 Å². The number of nitrogens with one attached hydrogen (secondary N) is 1. The molecule has 0 aliphatic heterocycles. The summed E-state index contributed by atoms with van der Waals surface area (Å²) in [6.07, 6.45) is 2.58. The fourth-order valence-electron chi connectivity index (χ4n) is 1.04. The summed E-state index contributed by atoms with van der Waals surface area (Å²) in [6.45, 7) is 3.20. The Morgan fingerprint density at radius 2 is 2.06 bits per heavy atom. The lowest BCUT2D eigenvalue weighted by Gasteiger charge is -2.22. The maximum absolute atomic E-state index is 11.8. The first kappa shape index (κ1) is 15.1. The van der Waals surface area contributed by atoms with Gasteiger partial charge in [0.2, 0.25) is 0 Å². The van der Waals surface area contributed by atoms with Gasteiger partial charge in [0, 0.05) is 19.0 Å². The Hall–Kier alpha value is -0.950. The summed E-state index contributed by atoms with van der Waals surface area (Å²) in [5.74, 6) is -0.341. The molecule has 0 aliphatic rings. The number of rotatable bonds is 4. The summed E-state index contributed by atoms with van der Waals surface area (Å²) in [7, 11) is -3.22. The summed E-state index contributed by atoms with van der Waals surface area (Å²) in [6, 6.07) is 3.26. The Labute approximate surface area is 115 Å². The third-order valence-corrected chi connectivity index (χ3v) is 5.29. The maximum Gasteiger partial charge on any atom is 0.252 e. The van der Waals surface area contributed by atoms with Crippen molar-refractivity contribution >= 4 is 31.7 Å². The zero-order valence-electron chi connectivity index (χ0n) is 10.4. The highest BCUT2D eigenvalue weighted by Gasteiger charge is 2.30. The van der Waals surface area contributed by atoms with Crippen molar-refractivity contribution in [1.29, 1.82) is 0 Å². The van der Waals surface area contributed by atoms with Crippen molar-refractivity contribution < 1.29 is 13.2 Å². The Morgan fingerprint density at radius 1 is 1.44 bits per heavy atom. The quantitative estimate of drug-likeness (QED) is 0.844. The van der Waals surface area contributed by atoms with E-state index in [2.05, 4.69) is 26.2 Å². The van der Waals surface area contributed by atoms with Gasteiger partial charge in [-0.15, -0.1) is 0 Å². The summed E-state index contributed by atoms with van der Waals surface area (Å²) in [5, 5.41) is 2.59. The van der Waals surface area contributed by atoms with Gasteiger partial charge in [-0.05, 0) is 41.9 Å². The molecule has 1 rings (SSSR count). The number of aromatic nitrogens is 1. The van der Waals surface area contributed by atoms with Crippen LogP contribution in [0.3, 0.4) is 0 Å². The third kappa shape index (κ3) is 3.78. The smallest absolute Gasteiger partial charge is 0.252 e. The van der Waals surface area contributed by atoms with Gasteiger partial charge in [-0.25, -0.2) is 13.4 Å². The van der Waals surface area contributed by atoms with E-state index in [4.69, 9.17) is 0 Å². The molecule has 0 spiro atoms. The van der Waals surface area contributed by atoms with Crippen molar-refractivity contribution in [2.45, 2.75) is 18.6 Å². The van der Waals surface area contributed by atoms with E-state index < -0.39 is 14.6 Å². The van der Waals surface area contributed by atoms with Crippen LogP contribution in [0.25, 0.3) is 0 Å². The highest BCUT2D eigenvalue weighted by molar-refractivity contribution is 9.10. The summed E-state index contributed by atoms with van der Waals surface area (Å²) < 4.78 is 22.6. The van der Waals surface area contributed by atoms with E-state index >= 15 is 0 Å². The number of carbonyl (C=O) groups excluding carboxylic acids is 1. The Balaban J connectivity index is 2.70. The van der Waals surface area contributed by atoms with Gasteiger partial charge in [0.1, 0.15) is 4.60 Å². The van der Waals surface area contributed by atoms with Crippen LogP contribution in [0.5, 0.6) is 0 Å². The minimum atomic E-state index is -3.22. The molecule has 0 unspecified atom stereocenters. The van der Waals surface area contributed by atoms with Crippen molar-refractivity contribution in [3.8, 4) is 0 Å². The van der Waals surface area contributed by atoms with Gasteiger partial charge in [0.15, 0.2) is 9.84 Å². The van der Waals surface area contributed by atoms with Crippen LogP contribution in [0.2, 0.25) is 0 Å². The molecule has 18 heavy (non-hydrogen) atoms. The predicted octanol–water partition coefficient (Wildman–Crippen LogP) is 1.40. The number of amides is 1. The van der Waals surface area contributed by atoms with Gasteiger partial charge in [-0.3, -0.25) is 4.79 Å². The molecular weight excluding hydrogens is 320 g/mol. The van der Waals surface area contributed by atoms with Gasteiger partial charge < -0.3 is 5.32 Å². The van der Waals surface area contributed by atoms with Gasteiger partial charge >= 0.3 is 0 Å². The number of halogens is 1. The Morgan fingerprint density at radius 3 is 2.50 bits per heavy atom. The number of pyridine rings is 1. The number of sulfone groups is 1. The lowest BCUT2D eigenvalue weighted by molar-refractivity contribution is 0.0950. The van der Waals surface area contributed by atoms with Crippen molar-refractivity contribution in [3.05, 3.63) is 28.5 Å². The molecule has 1 N–H and O–H groups in total. The van der Waals surface area contributed by atoms with Crippen LogP contribution in [-0.2, 0) is 9.84 Å². The Kier molecular flexibility index (Phi) is 4.50. The van der Waals surface area contributed by atoms with E-state index in [-0.39, 0.29) is 12.5 Å². The number of carbonyl (C=O) groups is 1. The molecule has 1 aromatic rings. The summed E-state index contributed by atoms with van der Waals surface area (Å²) in [5.41, 5.74) is 0.391. The summed E-state index contributed by atoms with van der Waals surface area (Å²) >= 11 is 3.17. The Bertz CT molecular complexity index is 538. The van der Waals surface area contributed by atoms with E-state index in [9.17, 15) is 13.2 Å². The fourth-order valence-corrected chi connectivity index (χ4v) is 1.61. The van der Waals surface area contributed by atoms with Crippen molar-refractivity contribution in [1.82, 2.24) is 10.3 Å². The minimum absolute atomic E-state index is 0.0563. The first-order valence-electron chi connectivity index (χ1n) is 5.23. The first-order chi connectivity index (χ1) is 8.13. The topological polar surface area (TPSA) is 76.1 Å². The molecule has 1 heterocycles. The highest BCUT2D eigenvalue weighted by atomic mass is 79.9. The van der Waals surface area contributed by atoms with E-state index in [1.807, 2.05) is 0 Å². The van der Waals surface area contributed by atoms with Crippen LogP contribution < -0.4 is 5.32 Å². The SMILES string of the molecule is CC(C)(CNC(=O)c1ccc(Br)nc1)S(C)(=O)=O. The second-order valence-corrected chi connectivity index (χ2v) is 8.05. The molecule has 1 amide bonds. The second kappa shape index (κ2) is 5.36. The van der Waals surface area contributed by atoms with E-state index in [1.165, 1.54) is 6.20 Å². The van der Waals surface area contributed by atoms with Crippen LogP contribution in [0.1, 0.15) is 24.2 Å². The molecule has 0 saturated carbocycles. The van der Waals surface area contributed by atoms with Gasteiger partial charge in [-0.1, -0.05) is 0 Å². The second-order valence-electron chi connectivity index (χ2n) is 4.58. The lowest BCUT2D eigenvalue weighted by Crippen LogP contribution is -2.43. The molecule has 0 aliphatic carbocycles. The van der Waals surface area contributed by atoms with Crippen molar-refractivity contribution in [2.75, 3.05) is 12.8 Å². The molecular formula is C11H15BrN2O3S. The van der Waals surface area contributed by atoms with Gasteiger partial charge in [-0.2, -0.15) is 0 Å². The van der Waals surface area contributed by atoms with E-state index in [0.29, 0.717) is 10.2 Å². The van der Waals surface area contributed by atoms with Crippen molar-refractivity contribution in [3.63, 3.8) is 0 Å². The zero-order valence-corrected chi connectivity index (χ0v) is 12.8. The molecule has 0 fully saturated rings. The molecule has 0 radical (unpaired) electrons. The van der Waals surface area contributed by atoms with E-state index in [0.717, 1.165) is 6.26 Å². The van der Waals surface area contributed by atoms with Gasteiger partial charge in [0.05, 0.1) is 10.3 Å². The number of hydrogen-bond donors (Lipinski definition) is 1. The average molecular weight is 335 g/mol. The number of hydrogen-bond acceptors (Lipinski definition) is 4. The normalized spacial score (nSPS) is 12.2. The lowest BCUT2D eigenvalue weighted by atomic mass is 10.2. The molecule has 7 heteroatoms. The minimum Gasteiger partial charge on any atom is -0.350 e. The highest BCUT2D eigenvalue weighted by Crippen LogP contribution is 2.14. The zero-order chi connectivity index (χ0) is 14.0. The molecule has 0 bridgehead atoms. The number of nitrogens with zero attached hydrogens (tertiary/aromatic N) is 1. The van der Waals surface area contributed by atoms with Crippen molar-refractivity contribution in [2.24, 2.45) is 0 Å². The summed E-state index contributed by atoms with van der Waals surface area (Å²) in [4.78, 5) is 15.7.